The van der Waals surface area contributed by atoms with Gasteiger partial charge in [-0.1, -0.05) is 0 Å². The van der Waals surface area contributed by atoms with Gasteiger partial charge in [-0.15, -0.1) is 0 Å². The van der Waals surface area contributed by atoms with E-state index in [4.69, 9.17) is 4.74 Å². The number of piperazine rings is 1. The zero-order valence-corrected chi connectivity index (χ0v) is 16.9. The van der Waals surface area contributed by atoms with Gasteiger partial charge in [0, 0.05) is 62.4 Å². The Morgan fingerprint density at radius 2 is 1.70 bits per heavy atom. The number of benzene rings is 1. The highest BCUT2D eigenvalue weighted by Crippen LogP contribution is 2.32. The standard InChI is InChI=1S/C22H32N4O/c1-23-15-16-24(2)22(18-23)10-13-25(14-11-22)17-20-5-4-12-26(20)19-6-8-21(27-3)9-7-19/h4-9,12H,10-11,13-18H2,1-3H3. The minimum absolute atomic E-state index is 0.376. The first-order chi connectivity index (χ1) is 13.1. The van der Waals surface area contributed by atoms with Crippen LogP contribution < -0.4 is 4.74 Å². The summed E-state index contributed by atoms with van der Waals surface area (Å²) in [5.74, 6) is 0.898. The smallest absolute Gasteiger partial charge is 0.119 e. The molecule has 1 aromatic heterocycles. The van der Waals surface area contributed by atoms with Crippen molar-refractivity contribution >= 4 is 0 Å². The number of methoxy groups -OCH3 is 1. The Morgan fingerprint density at radius 1 is 0.963 bits per heavy atom. The van der Waals surface area contributed by atoms with Gasteiger partial charge in [-0.05, 0) is 63.3 Å². The average molecular weight is 369 g/mol. The summed E-state index contributed by atoms with van der Waals surface area (Å²) in [6, 6.07) is 12.7. The summed E-state index contributed by atoms with van der Waals surface area (Å²) in [5.41, 5.74) is 2.92. The highest BCUT2D eigenvalue weighted by atomic mass is 16.5. The van der Waals surface area contributed by atoms with Crippen molar-refractivity contribution in [1.82, 2.24) is 19.3 Å². The first kappa shape index (κ1) is 18.5. The van der Waals surface area contributed by atoms with Crippen molar-refractivity contribution in [2.45, 2.75) is 24.9 Å². The third-order valence-electron chi connectivity index (χ3n) is 6.55. The largest absolute Gasteiger partial charge is 0.497 e. The van der Waals surface area contributed by atoms with E-state index in [1.807, 2.05) is 12.1 Å². The van der Waals surface area contributed by atoms with Crippen LogP contribution in [0.15, 0.2) is 42.6 Å². The summed E-state index contributed by atoms with van der Waals surface area (Å²) in [6.07, 6.45) is 4.68. The summed E-state index contributed by atoms with van der Waals surface area (Å²) in [7, 11) is 6.29. The van der Waals surface area contributed by atoms with Crippen LogP contribution in [-0.2, 0) is 6.54 Å². The van der Waals surface area contributed by atoms with Crippen LogP contribution in [0.3, 0.4) is 0 Å². The molecule has 0 radical (unpaired) electrons. The van der Waals surface area contributed by atoms with Crippen LogP contribution >= 0.6 is 0 Å². The zero-order chi connectivity index (χ0) is 18.9. The number of hydrogen-bond acceptors (Lipinski definition) is 4. The number of ether oxygens (including phenoxy) is 1. The highest BCUT2D eigenvalue weighted by Gasteiger charge is 2.41. The molecule has 5 nitrogen and oxygen atoms in total. The van der Waals surface area contributed by atoms with Crippen molar-refractivity contribution in [2.75, 3.05) is 53.9 Å². The second-order valence-electron chi connectivity index (χ2n) is 8.23. The van der Waals surface area contributed by atoms with Gasteiger partial charge >= 0.3 is 0 Å². The Kier molecular flexibility index (Phi) is 5.26. The lowest BCUT2D eigenvalue weighted by Gasteiger charge is -2.52. The Balaban J connectivity index is 1.42. The van der Waals surface area contributed by atoms with E-state index in [0.29, 0.717) is 5.54 Å². The predicted octanol–water partition coefficient (Wildman–Crippen LogP) is 2.70. The van der Waals surface area contributed by atoms with Gasteiger partial charge in [-0.3, -0.25) is 9.80 Å². The lowest BCUT2D eigenvalue weighted by Crippen LogP contribution is -2.63. The SMILES string of the molecule is COc1ccc(-n2cccc2CN2CCC3(CC2)CN(C)CCN3C)cc1. The number of rotatable bonds is 4. The molecule has 2 aromatic rings. The first-order valence-corrected chi connectivity index (χ1v) is 10.0. The molecule has 2 fully saturated rings. The summed E-state index contributed by atoms with van der Waals surface area (Å²) >= 11 is 0. The van der Waals surface area contributed by atoms with Crippen LogP contribution in [0.1, 0.15) is 18.5 Å². The van der Waals surface area contributed by atoms with E-state index in [2.05, 4.69) is 63.8 Å². The van der Waals surface area contributed by atoms with Crippen molar-refractivity contribution in [3.8, 4) is 11.4 Å². The first-order valence-electron chi connectivity index (χ1n) is 10.0. The number of hydrogen-bond donors (Lipinski definition) is 0. The summed E-state index contributed by atoms with van der Waals surface area (Å²) < 4.78 is 7.58. The lowest BCUT2D eigenvalue weighted by atomic mass is 9.84. The van der Waals surface area contributed by atoms with Crippen LogP contribution in [0.5, 0.6) is 5.75 Å². The Labute approximate surface area is 163 Å². The molecule has 0 unspecified atom stereocenters. The van der Waals surface area contributed by atoms with Gasteiger partial charge in [0.1, 0.15) is 5.75 Å². The number of aromatic nitrogens is 1. The van der Waals surface area contributed by atoms with E-state index in [0.717, 1.165) is 12.3 Å². The molecule has 2 saturated heterocycles. The minimum atomic E-state index is 0.376. The van der Waals surface area contributed by atoms with Crippen LogP contribution in [-0.4, -0.2) is 78.7 Å². The molecular weight excluding hydrogens is 336 g/mol. The molecule has 4 rings (SSSR count). The Morgan fingerprint density at radius 3 is 2.41 bits per heavy atom. The third kappa shape index (κ3) is 3.77. The zero-order valence-electron chi connectivity index (χ0n) is 16.9. The molecule has 1 aromatic carbocycles. The van der Waals surface area contributed by atoms with E-state index >= 15 is 0 Å². The molecule has 0 N–H and O–H groups in total. The molecule has 0 aliphatic carbocycles. The Hall–Kier alpha value is -1.82. The number of piperidine rings is 1. The molecule has 0 amide bonds. The van der Waals surface area contributed by atoms with Gasteiger partial charge in [0.2, 0.25) is 0 Å². The maximum Gasteiger partial charge on any atom is 0.119 e. The molecule has 1 spiro atoms. The van der Waals surface area contributed by atoms with E-state index in [1.54, 1.807) is 7.11 Å². The van der Waals surface area contributed by atoms with E-state index in [-0.39, 0.29) is 0 Å². The molecule has 0 atom stereocenters. The number of likely N-dealkylation sites (tertiary alicyclic amines) is 1. The van der Waals surface area contributed by atoms with Crippen molar-refractivity contribution in [3.05, 3.63) is 48.3 Å². The molecule has 2 aliphatic heterocycles. The monoisotopic (exact) mass is 368 g/mol. The third-order valence-corrected chi connectivity index (χ3v) is 6.55. The minimum Gasteiger partial charge on any atom is -0.497 e. The van der Waals surface area contributed by atoms with Crippen LogP contribution in [0, 0.1) is 0 Å². The lowest BCUT2D eigenvalue weighted by molar-refractivity contribution is -0.0207. The van der Waals surface area contributed by atoms with Crippen molar-refractivity contribution < 1.29 is 4.74 Å². The topological polar surface area (TPSA) is 23.9 Å². The van der Waals surface area contributed by atoms with Gasteiger partial charge in [-0.25, -0.2) is 0 Å². The fourth-order valence-corrected chi connectivity index (χ4v) is 4.70. The quantitative estimate of drug-likeness (QED) is 0.828. The van der Waals surface area contributed by atoms with Gasteiger partial charge in [0.25, 0.3) is 0 Å². The summed E-state index contributed by atoms with van der Waals surface area (Å²) in [4.78, 5) is 7.73. The van der Waals surface area contributed by atoms with E-state index < -0.39 is 0 Å². The molecule has 0 bridgehead atoms. The van der Waals surface area contributed by atoms with Gasteiger partial charge in [-0.2, -0.15) is 0 Å². The van der Waals surface area contributed by atoms with Crippen molar-refractivity contribution in [1.29, 1.82) is 0 Å². The van der Waals surface area contributed by atoms with Gasteiger partial charge in [0.05, 0.1) is 7.11 Å². The predicted molar refractivity (Wildman–Crippen MR) is 110 cm³/mol. The fraction of sp³-hybridized carbons (Fsp3) is 0.545. The summed E-state index contributed by atoms with van der Waals surface area (Å²) in [6.45, 7) is 6.94. The molecule has 2 aliphatic rings. The van der Waals surface area contributed by atoms with Crippen LogP contribution in [0.2, 0.25) is 0 Å². The molecule has 3 heterocycles. The molecule has 146 valence electrons. The second-order valence-corrected chi connectivity index (χ2v) is 8.23. The molecule has 27 heavy (non-hydrogen) atoms. The highest BCUT2D eigenvalue weighted by molar-refractivity contribution is 5.39. The van der Waals surface area contributed by atoms with Crippen LogP contribution in [0.25, 0.3) is 5.69 Å². The van der Waals surface area contributed by atoms with Gasteiger partial charge < -0.3 is 14.2 Å². The van der Waals surface area contributed by atoms with Crippen molar-refractivity contribution in [3.63, 3.8) is 0 Å². The maximum atomic E-state index is 5.28. The van der Waals surface area contributed by atoms with E-state index in [1.165, 1.54) is 56.9 Å². The number of nitrogens with zero attached hydrogens (tertiary/aromatic N) is 4. The summed E-state index contributed by atoms with van der Waals surface area (Å²) in [5, 5.41) is 0. The van der Waals surface area contributed by atoms with Crippen molar-refractivity contribution in [2.24, 2.45) is 0 Å². The average Bonchev–Trinajstić information content (AvgIpc) is 3.15. The second kappa shape index (κ2) is 7.66. The van der Waals surface area contributed by atoms with E-state index in [9.17, 15) is 0 Å². The normalized spacial score (nSPS) is 21.6. The Bertz CT molecular complexity index is 746. The fourth-order valence-electron chi connectivity index (χ4n) is 4.70. The molecular formula is C22H32N4O. The van der Waals surface area contributed by atoms with Crippen LogP contribution in [0.4, 0.5) is 0 Å². The maximum absolute atomic E-state index is 5.28. The molecule has 0 saturated carbocycles. The van der Waals surface area contributed by atoms with Gasteiger partial charge in [0.15, 0.2) is 0 Å². The molecule has 5 heteroatoms. The number of likely N-dealkylation sites (N-methyl/N-ethyl adjacent to an activating group) is 2.